The van der Waals surface area contributed by atoms with E-state index in [1.54, 1.807) is 23.5 Å². The zero-order chi connectivity index (χ0) is 53.6. The molecule has 412 valence electrons. The number of nitrogens with zero attached hydrogens (tertiary/aromatic N) is 2. The van der Waals surface area contributed by atoms with Gasteiger partial charge in [-0.1, -0.05) is 123 Å². The van der Waals surface area contributed by atoms with Crippen molar-refractivity contribution in [2.45, 2.75) is 59.3 Å². The van der Waals surface area contributed by atoms with Gasteiger partial charge in [0.25, 0.3) is 0 Å². The van der Waals surface area contributed by atoms with Crippen molar-refractivity contribution >= 4 is 45.3 Å². The van der Waals surface area contributed by atoms with Crippen molar-refractivity contribution in [1.82, 2.24) is 9.97 Å². The smallest absolute Gasteiger partial charge is 0.518 e. The van der Waals surface area contributed by atoms with Crippen LogP contribution in [0.3, 0.4) is 0 Å². The largest absolute Gasteiger partial charge is 1.00 e. The molecule has 0 bridgehead atoms. The summed E-state index contributed by atoms with van der Waals surface area (Å²) in [6.45, 7) is 15.1. The second-order valence-electron chi connectivity index (χ2n) is 18.7. The maximum absolute atomic E-state index is 6.26. The van der Waals surface area contributed by atoms with Gasteiger partial charge in [0.15, 0.2) is 25.3 Å². The number of hydrogen-bond donors (Lipinski definition) is 0. The fourth-order valence-electron chi connectivity index (χ4n) is 7.84. The van der Waals surface area contributed by atoms with Gasteiger partial charge in [0, 0.05) is 33.2 Å². The minimum atomic E-state index is -0.155. The van der Waals surface area contributed by atoms with Crippen LogP contribution >= 0.6 is 45.3 Å². The summed E-state index contributed by atoms with van der Waals surface area (Å²) in [5.41, 5.74) is 6.80. The first kappa shape index (κ1) is 74.0. The molecule has 6 aromatic heterocycles. The molecule has 11 rings (SSSR count). The van der Waals surface area contributed by atoms with Crippen molar-refractivity contribution in [2.24, 2.45) is 0 Å². The molecule has 18 heteroatoms. The number of pyridine rings is 2. The van der Waals surface area contributed by atoms with E-state index in [1.807, 2.05) is 140 Å². The Balaban J connectivity index is 0.000000342. The van der Waals surface area contributed by atoms with Crippen molar-refractivity contribution in [2.75, 3.05) is 0 Å². The zero-order valence-electron chi connectivity index (χ0n) is 48.3. The normalized spacial score (nSPS) is 10.3. The average Bonchev–Trinajstić information content (AvgIpc) is 4.29. The Bertz CT molecular complexity index is 3630. The molecule has 11 nitrogen and oxygen atoms in total. The number of rotatable bonds is 16. The zero-order valence-corrected chi connectivity index (χ0v) is 61.0. The maximum atomic E-state index is 6.26. The van der Waals surface area contributed by atoms with Crippen molar-refractivity contribution in [3.63, 3.8) is 0 Å². The van der Waals surface area contributed by atoms with Crippen LogP contribution in [0.4, 0.5) is 0 Å². The second kappa shape index (κ2) is 36.2. The van der Waals surface area contributed by atoms with E-state index in [9.17, 15) is 0 Å². The van der Waals surface area contributed by atoms with E-state index in [0.29, 0.717) is 16.8 Å². The standard InChI is InChI=1S/C35H33O2S.C15H11N2O2S.C15H11O2S2.3K.3H2O/c1-25-12-9-15-27(22-25)35(4,5)29-17-11-19-31(24-29)37-33-21-20-32(38-33)36-30-18-10-16-28(23-30)34(2,3)26-13-7-6-8-14-26;1-11-5-4-7-13(17-11)19-15-9-8-14(20-15)18-12-6-2-3-10-16-12;1-11-7-8-15(19-11)17-13-5-2-4-12(10-13)16-14-6-3-9-18-14;;;;;;/h6-7,9-24H,1-5H3;2-9H,1H3;2-8,10H,1H3;;;;3*1H2/q3*-1;3*+1;;;/p+3. The molecule has 0 aliphatic heterocycles. The fraction of sp³-hybridized carbons (Fsp3) is 0.138. The van der Waals surface area contributed by atoms with Gasteiger partial charge in [-0.05, 0) is 122 Å². The molecule has 6 heterocycles. The minimum Gasteiger partial charge on any atom is -0.518 e. The van der Waals surface area contributed by atoms with E-state index in [4.69, 9.17) is 28.4 Å². The van der Waals surface area contributed by atoms with Crippen LogP contribution in [0.25, 0.3) is 0 Å². The number of thiophene rings is 4. The molecule has 0 atom stereocenters. The van der Waals surface area contributed by atoms with Gasteiger partial charge < -0.3 is 49.8 Å². The fourth-order valence-corrected chi connectivity index (χ4v) is 10.6. The molecule has 83 heavy (non-hydrogen) atoms. The molecule has 11 aromatic rings. The van der Waals surface area contributed by atoms with Crippen LogP contribution in [-0.4, -0.2) is 9.97 Å². The van der Waals surface area contributed by atoms with Crippen LogP contribution in [0.15, 0.2) is 206 Å². The monoisotopic (exact) mass is 1260 g/mol. The van der Waals surface area contributed by atoms with E-state index in [2.05, 4.69) is 130 Å². The summed E-state index contributed by atoms with van der Waals surface area (Å²) in [5, 5.41) is 7.72. The number of hydrogen-bond acceptors (Lipinski definition) is 12. The molecule has 0 fully saturated rings. The Hall–Kier alpha value is -3.21. The molecule has 0 aliphatic rings. The predicted octanol–water partition coefficient (Wildman–Crippen LogP) is 8.07. The third kappa shape index (κ3) is 22.2. The summed E-state index contributed by atoms with van der Waals surface area (Å²) in [6, 6.07) is 70.7. The summed E-state index contributed by atoms with van der Waals surface area (Å²) in [6.07, 6.45) is 2.72. The van der Waals surface area contributed by atoms with Crippen molar-refractivity contribution < 1.29 is 199 Å². The van der Waals surface area contributed by atoms with Crippen LogP contribution in [0.5, 0.6) is 65.1 Å². The van der Waals surface area contributed by atoms with Gasteiger partial charge in [-0.3, -0.25) is 11.3 Å². The van der Waals surface area contributed by atoms with Crippen molar-refractivity contribution in [1.29, 1.82) is 0 Å². The first-order valence-corrected chi connectivity index (χ1v) is 28.0. The Morgan fingerprint density at radius 1 is 0.398 bits per heavy atom. The Morgan fingerprint density at radius 2 is 0.855 bits per heavy atom. The SMILES string of the molecule is Cc1ccc(Oc2cccc(Oc3cc[c-]s3)c2)s1.Cc1cccc(C(C)(C)c2cccc(Oc3ccc(Oc4cccc(C(C)(C)c5c[c-]ccc5)c4)s3)c2)c1.Cc1cccc(Oc2ccc(Oc3ccc[c-]n3)s2)n1.[K+].[K+].[K+].[OH3+].[OH3+].[OH3+]. The van der Waals surface area contributed by atoms with Gasteiger partial charge >= 0.3 is 154 Å². The number of aryl methyl sites for hydroxylation is 3. The molecular weight excluding hydrogens is 1200 g/mol. The van der Waals surface area contributed by atoms with E-state index >= 15 is 0 Å². The first-order valence-electron chi connectivity index (χ1n) is 24.7. The van der Waals surface area contributed by atoms with Crippen LogP contribution in [0.1, 0.15) is 66.1 Å². The van der Waals surface area contributed by atoms with Gasteiger partial charge in [0.2, 0.25) is 5.88 Å². The third-order valence-corrected chi connectivity index (χ3v) is 15.3. The van der Waals surface area contributed by atoms with Gasteiger partial charge in [0.1, 0.15) is 28.9 Å². The molecule has 0 spiro atoms. The maximum Gasteiger partial charge on any atom is 1.00 e. The van der Waals surface area contributed by atoms with Crippen LogP contribution in [0, 0.1) is 38.4 Å². The van der Waals surface area contributed by atoms with Crippen LogP contribution in [-0.2, 0) is 27.3 Å². The molecule has 9 N–H and O–H groups in total. The molecule has 0 saturated heterocycles. The van der Waals surface area contributed by atoms with Gasteiger partial charge in [-0.25, -0.2) is 4.98 Å². The van der Waals surface area contributed by atoms with Gasteiger partial charge in [-0.2, -0.15) is 54.6 Å². The van der Waals surface area contributed by atoms with Crippen LogP contribution < -0.4 is 183 Å². The predicted molar refractivity (Wildman–Crippen MR) is 328 cm³/mol. The van der Waals surface area contributed by atoms with Crippen LogP contribution in [0.2, 0.25) is 0 Å². The number of aromatic nitrogens is 2. The quantitative estimate of drug-likeness (QED) is 0.0529. The molecule has 0 amide bonds. The molecule has 5 aromatic carbocycles. The van der Waals surface area contributed by atoms with E-state index in [1.165, 1.54) is 66.7 Å². The summed E-state index contributed by atoms with van der Waals surface area (Å²) < 4.78 is 35.3. The molecular formula is C65H64K3N2O9S4+3. The summed E-state index contributed by atoms with van der Waals surface area (Å²) in [7, 11) is 0. The molecule has 0 unspecified atom stereocenters. The summed E-state index contributed by atoms with van der Waals surface area (Å²) in [5.74, 6) is 4.26. The van der Waals surface area contributed by atoms with E-state index in [0.717, 1.165) is 54.0 Å². The van der Waals surface area contributed by atoms with Crippen molar-refractivity contribution in [3.05, 3.63) is 262 Å². The minimum absolute atomic E-state index is 0. The number of benzene rings is 5. The molecule has 0 saturated carbocycles. The van der Waals surface area contributed by atoms with E-state index < -0.39 is 0 Å². The summed E-state index contributed by atoms with van der Waals surface area (Å²) >= 11 is 5.96. The van der Waals surface area contributed by atoms with E-state index in [-0.39, 0.29) is 181 Å². The Kier molecular flexibility index (Phi) is 32.3. The van der Waals surface area contributed by atoms with Crippen molar-refractivity contribution in [3.8, 4) is 65.1 Å². The molecule has 0 radical (unpaired) electrons. The Labute approximate surface area is 630 Å². The summed E-state index contributed by atoms with van der Waals surface area (Å²) in [4.78, 5) is 9.51. The third-order valence-electron chi connectivity index (χ3n) is 12.1. The topological polar surface area (TPSA) is 180 Å². The van der Waals surface area contributed by atoms with Gasteiger partial charge in [0.05, 0.1) is 0 Å². The average molecular weight is 1260 g/mol. The molecule has 0 aliphatic carbocycles. The van der Waals surface area contributed by atoms with Gasteiger partial charge in [-0.15, -0.1) is 28.3 Å². The Morgan fingerprint density at radius 3 is 1.36 bits per heavy atom. The second-order valence-corrected chi connectivity index (χ2v) is 22.8. The number of ether oxygens (including phenoxy) is 6. The first-order chi connectivity index (χ1) is 37.3.